The Kier molecular flexibility index (Phi) is 3.85. The molecule has 0 radical (unpaired) electrons. The SMILES string of the molecule is Cc1ncsc1CN(C)c1snc(N)c1-c1cccnc1. The average molecular weight is 317 g/mol. The maximum Gasteiger partial charge on any atom is 0.147 e. The van der Waals surface area contributed by atoms with E-state index < -0.39 is 0 Å². The predicted octanol–water partition coefficient (Wildman–Crippen LogP) is 3.19. The van der Waals surface area contributed by atoms with E-state index in [0.29, 0.717) is 5.82 Å². The number of aryl methyl sites for hydroxylation is 1. The summed E-state index contributed by atoms with van der Waals surface area (Å²) < 4.78 is 4.30. The molecule has 0 saturated carbocycles. The Balaban J connectivity index is 1.94. The van der Waals surface area contributed by atoms with Gasteiger partial charge in [0.25, 0.3) is 0 Å². The standard InChI is InChI=1S/C14H15N5S2/c1-9-11(20-8-17-9)7-19(2)14-12(13(15)18-21-14)10-4-3-5-16-6-10/h3-6,8H,7H2,1-2H3,(H2,15,18). The van der Waals surface area contributed by atoms with E-state index in [1.165, 1.54) is 16.4 Å². The molecule has 0 aliphatic carbocycles. The first kappa shape index (κ1) is 14.0. The highest BCUT2D eigenvalue weighted by Gasteiger charge is 2.18. The van der Waals surface area contributed by atoms with Crippen LogP contribution in [0.4, 0.5) is 10.8 Å². The van der Waals surface area contributed by atoms with E-state index in [4.69, 9.17) is 5.73 Å². The van der Waals surface area contributed by atoms with E-state index in [2.05, 4.69) is 19.2 Å². The van der Waals surface area contributed by atoms with Crippen LogP contribution in [-0.2, 0) is 6.54 Å². The monoisotopic (exact) mass is 317 g/mol. The van der Waals surface area contributed by atoms with Crippen LogP contribution < -0.4 is 10.6 Å². The third kappa shape index (κ3) is 2.74. The number of rotatable bonds is 4. The molecular formula is C14H15N5S2. The van der Waals surface area contributed by atoms with Crippen LogP contribution in [0, 0.1) is 6.92 Å². The molecule has 0 amide bonds. The van der Waals surface area contributed by atoms with Gasteiger partial charge in [-0.3, -0.25) is 4.98 Å². The van der Waals surface area contributed by atoms with Gasteiger partial charge >= 0.3 is 0 Å². The van der Waals surface area contributed by atoms with Crippen molar-refractivity contribution in [2.75, 3.05) is 17.7 Å². The van der Waals surface area contributed by atoms with Gasteiger partial charge in [-0.15, -0.1) is 11.3 Å². The molecule has 3 rings (SSSR count). The van der Waals surface area contributed by atoms with Gasteiger partial charge in [-0.25, -0.2) is 4.98 Å². The molecule has 5 nitrogen and oxygen atoms in total. The lowest BCUT2D eigenvalue weighted by atomic mass is 10.1. The minimum Gasteiger partial charge on any atom is -0.382 e. The lowest BCUT2D eigenvalue weighted by molar-refractivity contribution is 0.938. The number of thiazole rings is 1. The molecule has 0 aliphatic rings. The molecule has 0 saturated heterocycles. The largest absolute Gasteiger partial charge is 0.382 e. The normalized spacial score (nSPS) is 10.8. The first-order valence-corrected chi connectivity index (χ1v) is 8.07. The van der Waals surface area contributed by atoms with Gasteiger partial charge in [-0.05, 0) is 24.5 Å². The van der Waals surface area contributed by atoms with Gasteiger partial charge in [-0.1, -0.05) is 6.07 Å². The summed E-state index contributed by atoms with van der Waals surface area (Å²) in [6, 6.07) is 3.91. The smallest absolute Gasteiger partial charge is 0.147 e. The molecule has 21 heavy (non-hydrogen) atoms. The fourth-order valence-corrected chi connectivity index (χ4v) is 3.72. The van der Waals surface area contributed by atoms with Crippen molar-refractivity contribution >= 4 is 33.7 Å². The molecule has 0 bridgehead atoms. The van der Waals surface area contributed by atoms with Gasteiger partial charge in [0.2, 0.25) is 0 Å². The molecule has 7 heteroatoms. The fourth-order valence-electron chi connectivity index (χ4n) is 2.10. The third-order valence-electron chi connectivity index (χ3n) is 3.22. The topological polar surface area (TPSA) is 67.9 Å². The quantitative estimate of drug-likeness (QED) is 0.800. The van der Waals surface area contributed by atoms with E-state index in [1.54, 1.807) is 17.5 Å². The number of pyridine rings is 1. The van der Waals surface area contributed by atoms with Gasteiger partial charge in [0, 0.05) is 29.9 Å². The minimum atomic E-state index is 0.552. The zero-order valence-corrected chi connectivity index (χ0v) is 13.4. The van der Waals surface area contributed by atoms with E-state index in [1.807, 2.05) is 37.8 Å². The van der Waals surface area contributed by atoms with E-state index in [0.717, 1.165) is 28.4 Å². The molecule has 2 N–H and O–H groups in total. The Bertz CT molecular complexity index is 735. The Labute approximate surface area is 131 Å². The highest BCUT2D eigenvalue weighted by atomic mass is 32.1. The Hall–Kier alpha value is -1.99. The number of nitrogens with two attached hydrogens (primary N) is 1. The zero-order chi connectivity index (χ0) is 14.8. The lowest BCUT2D eigenvalue weighted by Gasteiger charge is -2.18. The second kappa shape index (κ2) is 5.79. The third-order valence-corrected chi connectivity index (χ3v) is 5.12. The Morgan fingerprint density at radius 2 is 2.24 bits per heavy atom. The van der Waals surface area contributed by atoms with Crippen LogP contribution in [0.2, 0.25) is 0 Å². The van der Waals surface area contributed by atoms with E-state index in [9.17, 15) is 0 Å². The van der Waals surface area contributed by atoms with Crippen LogP contribution in [-0.4, -0.2) is 21.4 Å². The van der Waals surface area contributed by atoms with Crippen molar-refractivity contribution in [1.29, 1.82) is 0 Å². The summed E-state index contributed by atoms with van der Waals surface area (Å²) >= 11 is 3.08. The summed E-state index contributed by atoms with van der Waals surface area (Å²) in [5, 5.41) is 1.05. The van der Waals surface area contributed by atoms with Crippen molar-refractivity contribution in [2.24, 2.45) is 0 Å². The van der Waals surface area contributed by atoms with Crippen molar-refractivity contribution in [2.45, 2.75) is 13.5 Å². The maximum atomic E-state index is 6.05. The van der Waals surface area contributed by atoms with Crippen molar-refractivity contribution in [1.82, 2.24) is 14.3 Å². The molecule has 0 spiro atoms. The number of aromatic nitrogens is 3. The molecule has 0 aromatic carbocycles. The molecule has 0 fully saturated rings. The first-order valence-electron chi connectivity index (χ1n) is 6.42. The second-order valence-electron chi connectivity index (χ2n) is 4.71. The predicted molar refractivity (Wildman–Crippen MR) is 88.7 cm³/mol. The van der Waals surface area contributed by atoms with Crippen LogP contribution in [0.15, 0.2) is 30.0 Å². The highest BCUT2D eigenvalue weighted by molar-refractivity contribution is 7.11. The summed E-state index contributed by atoms with van der Waals surface area (Å²) in [5.41, 5.74) is 11.0. The molecule has 3 heterocycles. The summed E-state index contributed by atoms with van der Waals surface area (Å²) in [5.74, 6) is 0.552. The summed E-state index contributed by atoms with van der Waals surface area (Å²) in [4.78, 5) is 11.9. The number of hydrogen-bond donors (Lipinski definition) is 1. The van der Waals surface area contributed by atoms with Crippen molar-refractivity contribution in [3.05, 3.63) is 40.6 Å². The van der Waals surface area contributed by atoms with Crippen LogP contribution in [0.25, 0.3) is 11.1 Å². The summed E-state index contributed by atoms with van der Waals surface area (Å²) in [6.07, 6.45) is 3.57. The van der Waals surface area contributed by atoms with Gasteiger partial charge in [0.1, 0.15) is 10.8 Å². The minimum absolute atomic E-state index is 0.552. The van der Waals surface area contributed by atoms with Crippen LogP contribution in [0.5, 0.6) is 0 Å². The van der Waals surface area contributed by atoms with Gasteiger partial charge < -0.3 is 10.6 Å². The van der Waals surface area contributed by atoms with Crippen LogP contribution in [0.1, 0.15) is 10.6 Å². The van der Waals surface area contributed by atoms with Crippen LogP contribution >= 0.6 is 22.9 Å². The molecule has 0 atom stereocenters. The molecule has 0 unspecified atom stereocenters. The van der Waals surface area contributed by atoms with Gasteiger partial charge in [0.15, 0.2) is 0 Å². The molecule has 108 valence electrons. The molecule has 3 aromatic rings. The molecule has 3 aromatic heterocycles. The fraction of sp³-hybridized carbons (Fsp3) is 0.214. The summed E-state index contributed by atoms with van der Waals surface area (Å²) in [7, 11) is 2.05. The van der Waals surface area contributed by atoms with E-state index >= 15 is 0 Å². The number of anilines is 2. The second-order valence-corrected chi connectivity index (χ2v) is 6.40. The van der Waals surface area contributed by atoms with Crippen molar-refractivity contribution in [3.8, 4) is 11.1 Å². The zero-order valence-electron chi connectivity index (χ0n) is 11.8. The first-order chi connectivity index (χ1) is 10.2. The number of hydrogen-bond acceptors (Lipinski definition) is 7. The molecule has 0 aliphatic heterocycles. The van der Waals surface area contributed by atoms with Gasteiger partial charge in [-0.2, -0.15) is 4.37 Å². The number of nitrogen functional groups attached to an aromatic ring is 1. The number of nitrogens with zero attached hydrogens (tertiary/aromatic N) is 4. The van der Waals surface area contributed by atoms with Crippen LogP contribution in [0.3, 0.4) is 0 Å². The Morgan fingerprint density at radius 3 is 2.90 bits per heavy atom. The van der Waals surface area contributed by atoms with Crippen molar-refractivity contribution < 1.29 is 0 Å². The summed E-state index contributed by atoms with van der Waals surface area (Å²) in [6.45, 7) is 2.83. The van der Waals surface area contributed by atoms with Crippen molar-refractivity contribution in [3.63, 3.8) is 0 Å². The molecular weight excluding hydrogens is 302 g/mol. The lowest BCUT2D eigenvalue weighted by Crippen LogP contribution is -2.15. The Morgan fingerprint density at radius 1 is 1.38 bits per heavy atom. The maximum absolute atomic E-state index is 6.05. The average Bonchev–Trinajstić information content (AvgIpc) is 3.06. The van der Waals surface area contributed by atoms with E-state index in [-0.39, 0.29) is 0 Å². The van der Waals surface area contributed by atoms with Gasteiger partial charge in [0.05, 0.1) is 23.3 Å². The highest BCUT2D eigenvalue weighted by Crippen LogP contribution is 2.39.